The van der Waals surface area contributed by atoms with Crippen LogP contribution in [0, 0.1) is 12.8 Å². The molecule has 1 aliphatic heterocycles. The molecule has 0 aromatic carbocycles. The summed E-state index contributed by atoms with van der Waals surface area (Å²) in [5.74, 6) is 0.688. The van der Waals surface area contributed by atoms with Gasteiger partial charge < -0.3 is 9.64 Å². The molecule has 1 aliphatic rings. The van der Waals surface area contributed by atoms with Crippen molar-refractivity contribution in [3.8, 4) is 0 Å². The van der Waals surface area contributed by atoms with E-state index in [1.165, 1.54) is 12.1 Å². The van der Waals surface area contributed by atoms with E-state index in [4.69, 9.17) is 4.74 Å². The van der Waals surface area contributed by atoms with Gasteiger partial charge in [0.25, 0.3) is 0 Å². The molecule has 0 aliphatic carbocycles. The standard InChI is InChI=1S/C13H20N2O/c1-3-16-10-12-5-7-15(9-12)13-4-6-14-11(2)8-13/h4,6,8,12H,3,5,7,9-10H2,1-2H3. The fourth-order valence-electron chi connectivity index (χ4n) is 2.22. The molecule has 0 saturated carbocycles. The minimum Gasteiger partial charge on any atom is -0.381 e. The fraction of sp³-hybridized carbons (Fsp3) is 0.615. The highest BCUT2D eigenvalue weighted by atomic mass is 16.5. The van der Waals surface area contributed by atoms with E-state index in [-0.39, 0.29) is 0 Å². The van der Waals surface area contributed by atoms with Crippen molar-refractivity contribution < 1.29 is 4.74 Å². The molecule has 1 aromatic rings. The number of pyridine rings is 1. The third-order valence-corrected chi connectivity index (χ3v) is 3.09. The van der Waals surface area contributed by atoms with Crippen LogP contribution in [0.2, 0.25) is 0 Å². The van der Waals surface area contributed by atoms with Crippen LogP contribution in [0.3, 0.4) is 0 Å². The van der Waals surface area contributed by atoms with Gasteiger partial charge in [-0.2, -0.15) is 0 Å². The minimum atomic E-state index is 0.688. The Kier molecular flexibility index (Phi) is 3.78. The number of hydrogen-bond acceptors (Lipinski definition) is 3. The van der Waals surface area contributed by atoms with Gasteiger partial charge in [-0.15, -0.1) is 0 Å². The van der Waals surface area contributed by atoms with Crippen LogP contribution < -0.4 is 4.90 Å². The monoisotopic (exact) mass is 220 g/mol. The first-order valence-electron chi connectivity index (χ1n) is 6.05. The third kappa shape index (κ3) is 2.73. The van der Waals surface area contributed by atoms with Crippen molar-refractivity contribution in [2.45, 2.75) is 20.3 Å². The van der Waals surface area contributed by atoms with E-state index in [2.05, 4.69) is 28.9 Å². The molecule has 0 amide bonds. The van der Waals surface area contributed by atoms with Gasteiger partial charge in [-0.05, 0) is 32.4 Å². The first kappa shape index (κ1) is 11.4. The first-order chi connectivity index (χ1) is 7.79. The van der Waals surface area contributed by atoms with Crippen molar-refractivity contribution in [3.63, 3.8) is 0 Å². The molecule has 1 saturated heterocycles. The maximum atomic E-state index is 5.49. The van der Waals surface area contributed by atoms with Crippen LogP contribution in [0.5, 0.6) is 0 Å². The Balaban J connectivity index is 1.93. The SMILES string of the molecule is CCOCC1CCN(c2ccnc(C)c2)C1. The van der Waals surface area contributed by atoms with E-state index >= 15 is 0 Å². The molecule has 1 aromatic heterocycles. The quantitative estimate of drug-likeness (QED) is 0.778. The zero-order valence-corrected chi connectivity index (χ0v) is 10.1. The normalized spacial score (nSPS) is 20.4. The molecule has 88 valence electrons. The van der Waals surface area contributed by atoms with Crippen LogP contribution in [0.25, 0.3) is 0 Å². The summed E-state index contributed by atoms with van der Waals surface area (Å²) in [6, 6.07) is 4.25. The number of aromatic nitrogens is 1. The predicted molar refractivity (Wildman–Crippen MR) is 65.8 cm³/mol. The Labute approximate surface area is 97.4 Å². The smallest absolute Gasteiger partial charge is 0.0511 e. The Morgan fingerprint density at radius 3 is 3.19 bits per heavy atom. The van der Waals surface area contributed by atoms with E-state index in [1.54, 1.807) is 0 Å². The summed E-state index contributed by atoms with van der Waals surface area (Å²) in [7, 11) is 0. The van der Waals surface area contributed by atoms with Gasteiger partial charge in [-0.3, -0.25) is 4.98 Å². The number of anilines is 1. The maximum Gasteiger partial charge on any atom is 0.0511 e. The van der Waals surface area contributed by atoms with E-state index in [0.717, 1.165) is 32.0 Å². The van der Waals surface area contributed by atoms with Crippen molar-refractivity contribution in [1.82, 2.24) is 4.98 Å². The van der Waals surface area contributed by atoms with Gasteiger partial charge in [0.1, 0.15) is 0 Å². The van der Waals surface area contributed by atoms with Crippen molar-refractivity contribution in [3.05, 3.63) is 24.0 Å². The van der Waals surface area contributed by atoms with Gasteiger partial charge in [-0.1, -0.05) is 0 Å². The highest BCUT2D eigenvalue weighted by Gasteiger charge is 2.22. The van der Waals surface area contributed by atoms with E-state index in [9.17, 15) is 0 Å². The molecule has 1 unspecified atom stereocenters. The van der Waals surface area contributed by atoms with Crippen LogP contribution in [0.1, 0.15) is 19.0 Å². The summed E-state index contributed by atoms with van der Waals surface area (Å²) in [4.78, 5) is 6.66. The van der Waals surface area contributed by atoms with Gasteiger partial charge in [0.05, 0.1) is 6.61 Å². The lowest BCUT2D eigenvalue weighted by Crippen LogP contribution is -2.21. The molecular formula is C13H20N2O. The Morgan fingerprint density at radius 2 is 2.44 bits per heavy atom. The van der Waals surface area contributed by atoms with Gasteiger partial charge in [0, 0.05) is 43.2 Å². The molecule has 2 heterocycles. The first-order valence-corrected chi connectivity index (χ1v) is 6.05. The topological polar surface area (TPSA) is 25.4 Å². The van der Waals surface area contributed by atoms with Crippen molar-refractivity contribution in [1.29, 1.82) is 0 Å². The second kappa shape index (κ2) is 5.30. The largest absolute Gasteiger partial charge is 0.381 e. The average molecular weight is 220 g/mol. The molecule has 2 rings (SSSR count). The van der Waals surface area contributed by atoms with Crippen LogP contribution in [-0.4, -0.2) is 31.3 Å². The lowest BCUT2D eigenvalue weighted by atomic mass is 10.1. The fourth-order valence-corrected chi connectivity index (χ4v) is 2.22. The summed E-state index contributed by atoms with van der Waals surface area (Å²) in [5, 5.41) is 0. The zero-order valence-electron chi connectivity index (χ0n) is 10.1. The minimum absolute atomic E-state index is 0.688. The van der Waals surface area contributed by atoms with E-state index in [1.807, 2.05) is 13.1 Å². The number of rotatable bonds is 4. The van der Waals surface area contributed by atoms with Crippen molar-refractivity contribution >= 4 is 5.69 Å². The van der Waals surface area contributed by atoms with Crippen LogP contribution in [0.15, 0.2) is 18.3 Å². The summed E-state index contributed by atoms with van der Waals surface area (Å²) in [5.41, 5.74) is 2.39. The van der Waals surface area contributed by atoms with Gasteiger partial charge in [0.2, 0.25) is 0 Å². The molecule has 3 nitrogen and oxygen atoms in total. The van der Waals surface area contributed by atoms with Gasteiger partial charge >= 0.3 is 0 Å². The second-order valence-electron chi connectivity index (χ2n) is 4.42. The van der Waals surface area contributed by atoms with Gasteiger partial charge in [0.15, 0.2) is 0 Å². The summed E-state index contributed by atoms with van der Waals surface area (Å²) < 4.78 is 5.49. The highest BCUT2D eigenvalue weighted by Crippen LogP contribution is 2.23. The Morgan fingerprint density at radius 1 is 1.56 bits per heavy atom. The number of nitrogens with zero attached hydrogens (tertiary/aromatic N) is 2. The summed E-state index contributed by atoms with van der Waals surface area (Å²) in [6.07, 6.45) is 3.13. The molecule has 0 radical (unpaired) electrons. The number of hydrogen-bond donors (Lipinski definition) is 0. The zero-order chi connectivity index (χ0) is 11.4. The molecular weight excluding hydrogens is 200 g/mol. The molecule has 16 heavy (non-hydrogen) atoms. The molecule has 1 atom stereocenters. The summed E-state index contributed by atoms with van der Waals surface area (Å²) >= 11 is 0. The van der Waals surface area contributed by atoms with Crippen molar-refractivity contribution in [2.75, 3.05) is 31.2 Å². The van der Waals surface area contributed by atoms with E-state index in [0.29, 0.717) is 5.92 Å². The van der Waals surface area contributed by atoms with Crippen LogP contribution in [-0.2, 0) is 4.74 Å². The lowest BCUT2D eigenvalue weighted by molar-refractivity contribution is 0.117. The highest BCUT2D eigenvalue weighted by molar-refractivity contribution is 5.47. The number of aryl methyl sites for hydroxylation is 1. The molecule has 0 N–H and O–H groups in total. The predicted octanol–water partition coefficient (Wildman–Crippen LogP) is 2.25. The average Bonchev–Trinajstić information content (AvgIpc) is 2.75. The van der Waals surface area contributed by atoms with Crippen molar-refractivity contribution in [2.24, 2.45) is 5.92 Å². The third-order valence-electron chi connectivity index (χ3n) is 3.09. The molecule has 0 bridgehead atoms. The Hall–Kier alpha value is -1.09. The summed E-state index contributed by atoms with van der Waals surface area (Å²) in [6.45, 7) is 8.07. The van der Waals surface area contributed by atoms with E-state index < -0.39 is 0 Å². The molecule has 1 fully saturated rings. The van der Waals surface area contributed by atoms with Gasteiger partial charge in [-0.25, -0.2) is 0 Å². The Bertz CT molecular complexity index is 340. The number of ether oxygens (including phenoxy) is 1. The second-order valence-corrected chi connectivity index (χ2v) is 4.42. The molecule has 0 spiro atoms. The van der Waals surface area contributed by atoms with Crippen LogP contribution in [0.4, 0.5) is 5.69 Å². The van der Waals surface area contributed by atoms with Crippen LogP contribution >= 0.6 is 0 Å². The lowest BCUT2D eigenvalue weighted by Gasteiger charge is -2.18. The molecule has 3 heteroatoms. The maximum absolute atomic E-state index is 5.49.